The first kappa shape index (κ1) is 15.3. The molecule has 4 heterocycles. The number of fused-ring (bicyclic) bond motifs is 1. The van der Waals surface area contributed by atoms with Crippen LogP contribution in [-0.2, 0) is 13.1 Å². The molecule has 1 unspecified atom stereocenters. The van der Waals surface area contributed by atoms with Crippen molar-refractivity contribution in [1.82, 2.24) is 30.1 Å². The van der Waals surface area contributed by atoms with Gasteiger partial charge in [-0.15, -0.1) is 0 Å². The number of carbonyl (C=O) groups excluding carboxylic acids is 1. The fraction of sp³-hybridized carbons (Fsp3) is 0.625. The molecule has 0 radical (unpaired) electrons. The van der Waals surface area contributed by atoms with Crippen LogP contribution in [0.4, 0.5) is 0 Å². The molecular formula is C16H22N6O2. The van der Waals surface area contributed by atoms with Crippen LogP contribution in [0, 0.1) is 0 Å². The zero-order chi connectivity index (χ0) is 16.7. The van der Waals surface area contributed by atoms with Crippen molar-refractivity contribution >= 4 is 5.91 Å². The fourth-order valence-electron chi connectivity index (χ4n) is 3.33. The molecule has 2 aromatic heterocycles. The zero-order valence-corrected chi connectivity index (χ0v) is 14.0. The van der Waals surface area contributed by atoms with Gasteiger partial charge in [0, 0.05) is 25.6 Å². The molecule has 2 aliphatic rings. The second-order valence-corrected chi connectivity index (χ2v) is 6.72. The highest BCUT2D eigenvalue weighted by Crippen LogP contribution is 2.32. The Kier molecular flexibility index (Phi) is 3.84. The van der Waals surface area contributed by atoms with E-state index in [-0.39, 0.29) is 17.9 Å². The average Bonchev–Trinajstić information content (AvgIpc) is 3.30. The van der Waals surface area contributed by atoms with Crippen LogP contribution in [0.5, 0.6) is 0 Å². The highest BCUT2D eigenvalue weighted by Gasteiger charge is 2.36. The van der Waals surface area contributed by atoms with E-state index in [1.54, 1.807) is 0 Å². The number of carbonyl (C=O) groups is 1. The summed E-state index contributed by atoms with van der Waals surface area (Å²) >= 11 is 0. The summed E-state index contributed by atoms with van der Waals surface area (Å²) in [5.41, 5.74) is 1.56. The predicted octanol–water partition coefficient (Wildman–Crippen LogP) is 1.47. The van der Waals surface area contributed by atoms with Crippen molar-refractivity contribution in [2.24, 2.45) is 0 Å². The largest absolute Gasteiger partial charge is 0.337 e. The van der Waals surface area contributed by atoms with Crippen LogP contribution in [0.25, 0.3) is 0 Å². The maximum Gasteiger partial charge on any atom is 0.275 e. The lowest BCUT2D eigenvalue weighted by Crippen LogP contribution is -2.31. The normalized spacial score (nSPS) is 20.6. The Morgan fingerprint density at radius 3 is 3.04 bits per heavy atom. The molecule has 2 aliphatic heterocycles. The van der Waals surface area contributed by atoms with Crippen molar-refractivity contribution in [1.29, 1.82) is 0 Å². The molecule has 2 aromatic rings. The van der Waals surface area contributed by atoms with Gasteiger partial charge in [-0.3, -0.25) is 9.48 Å². The number of nitrogens with one attached hydrogen (secondary N) is 1. The summed E-state index contributed by atoms with van der Waals surface area (Å²) in [5.74, 6) is 1.38. The van der Waals surface area contributed by atoms with Crippen LogP contribution >= 0.6 is 0 Å². The topological polar surface area (TPSA) is 89.1 Å². The van der Waals surface area contributed by atoms with Crippen LogP contribution in [0.3, 0.4) is 0 Å². The molecule has 128 valence electrons. The quantitative estimate of drug-likeness (QED) is 0.917. The van der Waals surface area contributed by atoms with Crippen LogP contribution in [-0.4, -0.2) is 43.8 Å². The van der Waals surface area contributed by atoms with Gasteiger partial charge in [0.05, 0.1) is 12.2 Å². The van der Waals surface area contributed by atoms with Crippen molar-refractivity contribution in [3.8, 4) is 0 Å². The number of hydrogen-bond donors (Lipinski definition) is 1. The zero-order valence-electron chi connectivity index (χ0n) is 14.0. The van der Waals surface area contributed by atoms with Crippen molar-refractivity contribution in [2.45, 2.75) is 51.7 Å². The minimum absolute atomic E-state index is 0.0521. The standard InChI is InChI=1S/C16H22N6O2/c1-10(2)14-18-15(24-20-14)13-4-3-6-21(13)16(23)12-8-11-9-17-5-7-22(11)19-12/h8,10,13,17H,3-7,9H2,1-2H3. The first-order chi connectivity index (χ1) is 11.6. The van der Waals surface area contributed by atoms with E-state index >= 15 is 0 Å². The second kappa shape index (κ2) is 6.01. The minimum Gasteiger partial charge on any atom is -0.337 e. The van der Waals surface area contributed by atoms with Gasteiger partial charge in [-0.2, -0.15) is 10.1 Å². The lowest BCUT2D eigenvalue weighted by atomic mass is 10.2. The lowest BCUT2D eigenvalue weighted by molar-refractivity contribution is 0.0703. The summed E-state index contributed by atoms with van der Waals surface area (Å²) in [4.78, 5) is 19.2. The minimum atomic E-state index is -0.144. The van der Waals surface area contributed by atoms with E-state index in [4.69, 9.17) is 4.52 Å². The Hall–Kier alpha value is -2.22. The number of amides is 1. The SMILES string of the molecule is CC(C)c1noc(C2CCCN2C(=O)c2cc3n(n2)CCNC3)n1. The molecule has 8 heteroatoms. The van der Waals surface area contributed by atoms with Gasteiger partial charge in [-0.05, 0) is 18.9 Å². The van der Waals surface area contributed by atoms with Crippen molar-refractivity contribution in [3.05, 3.63) is 29.2 Å². The van der Waals surface area contributed by atoms with Crippen molar-refractivity contribution in [2.75, 3.05) is 13.1 Å². The fourth-order valence-corrected chi connectivity index (χ4v) is 3.33. The van der Waals surface area contributed by atoms with Gasteiger partial charge in [0.1, 0.15) is 6.04 Å². The molecule has 0 aliphatic carbocycles. The highest BCUT2D eigenvalue weighted by atomic mass is 16.5. The molecular weight excluding hydrogens is 308 g/mol. The van der Waals surface area contributed by atoms with E-state index in [1.165, 1.54) is 0 Å². The molecule has 0 aromatic carbocycles. The summed E-state index contributed by atoms with van der Waals surface area (Å²) in [6.07, 6.45) is 1.78. The highest BCUT2D eigenvalue weighted by molar-refractivity contribution is 5.92. The van der Waals surface area contributed by atoms with E-state index in [0.29, 0.717) is 24.0 Å². The van der Waals surface area contributed by atoms with E-state index in [0.717, 1.165) is 38.2 Å². The molecule has 0 bridgehead atoms. The summed E-state index contributed by atoms with van der Waals surface area (Å²) in [6, 6.07) is 1.74. The number of aromatic nitrogens is 4. The van der Waals surface area contributed by atoms with Crippen molar-refractivity contribution < 1.29 is 9.32 Å². The van der Waals surface area contributed by atoms with Crippen LogP contribution in [0.1, 0.15) is 66.5 Å². The Morgan fingerprint density at radius 2 is 2.29 bits per heavy atom. The molecule has 4 rings (SSSR count). The molecule has 1 N–H and O–H groups in total. The van der Waals surface area contributed by atoms with Gasteiger partial charge in [0.15, 0.2) is 11.5 Å². The molecule has 1 saturated heterocycles. The predicted molar refractivity (Wildman–Crippen MR) is 85.3 cm³/mol. The van der Waals surface area contributed by atoms with Crippen LogP contribution in [0.15, 0.2) is 10.6 Å². The molecule has 1 atom stereocenters. The first-order valence-corrected chi connectivity index (χ1v) is 8.55. The Morgan fingerprint density at radius 1 is 1.42 bits per heavy atom. The number of likely N-dealkylation sites (tertiary alicyclic amines) is 1. The molecule has 8 nitrogen and oxygen atoms in total. The Balaban J connectivity index is 1.57. The van der Waals surface area contributed by atoms with E-state index in [2.05, 4.69) is 20.6 Å². The summed E-state index contributed by atoms with van der Waals surface area (Å²) in [7, 11) is 0. The third kappa shape index (κ3) is 2.60. The summed E-state index contributed by atoms with van der Waals surface area (Å²) < 4.78 is 7.33. The first-order valence-electron chi connectivity index (χ1n) is 8.55. The third-order valence-electron chi connectivity index (χ3n) is 4.66. The number of rotatable bonds is 3. The lowest BCUT2D eigenvalue weighted by Gasteiger charge is -2.20. The Labute approximate surface area is 140 Å². The Bertz CT molecular complexity index is 726. The van der Waals surface area contributed by atoms with E-state index < -0.39 is 0 Å². The molecule has 24 heavy (non-hydrogen) atoms. The van der Waals surface area contributed by atoms with Gasteiger partial charge in [0.25, 0.3) is 5.91 Å². The number of hydrogen-bond acceptors (Lipinski definition) is 6. The average molecular weight is 330 g/mol. The van der Waals surface area contributed by atoms with Gasteiger partial charge < -0.3 is 14.7 Å². The molecule has 1 amide bonds. The molecule has 0 saturated carbocycles. The van der Waals surface area contributed by atoms with E-state index in [1.807, 2.05) is 29.5 Å². The second-order valence-electron chi connectivity index (χ2n) is 6.72. The van der Waals surface area contributed by atoms with Crippen LogP contribution in [0.2, 0.25) is 0 Å². The third-order valence-corrected chi connectivity index (χ3v) is 4.66. The van der Waals surface area contributed by atoms with Crippen LogP contribution < -0.4 is 5.32 Å². The monoisotopic (exact) mass is 330 g/mol. The maximum atomic E-state index is 12.9. The molecule has 1 fully saturated rings. The molecule has 0 spiro atoms. The maximum absolute atomic E-state index is 12.9. The van der Waals surface area contributed by atoms with Gasteiger partial charge >= 0.3 is 0 Å². The number of nitrogens with zero attached hydrogens (tertiary/aromatic N) is 5. The van der Waals surface area contributed by atoms with E-state index in [9.17, 15) is 4.79 Å². The van der Waals surface area contributed by atoms with Gasteiger partial charge in [-0.25, -0.2) is 0 Å². The van der Waals surface area contributed by atoms with Gasteiger partial charge in [-0.1, -0.05) is 19.0 Å². The summed E-state index contributed by atoms with van der Waals surface area (Å²) in [5, 5.41) is 11.8. The smallest absolute Gasteiger partial charge is 0.275 e. The van der Waals surface area contributed by atoms with Crippen molar-refractivity contribution in [3.63, 3.8) is 0 Å². The van der Waals surface area contributed by atoms with Gasteiger partial charge in [0.2, 0.25) is 5.89 Å². The summed E-state index contributed by atoms with van der Waals surface area (Å²) in [6.45, 7) is 7.18.